The number of amides is 1. The summed E-state index contributed by atoms with van der Waals surface area (Å²) < 4.78 is 5.19. The summed E-state index contributed by atoms with van der Waals surface area (Å²) in [7, 11) is 0. The van der Waals surface area contributed by atoms with Crippen LogP contribution in [0.3, 0.4) is 0 Å². The molecule has 3 rings (SSSR count). The lowest BCUT2D eigenvalue weighted by Gasteiger charge is -2.14. The summed E-state index contributed by atoms with van der Waals surface area (Å²) in [6.07, 6.45) is 0.349. The molecule has 0 aliphatic rings. The van der Waals surface area contributed by atoms with Gasteiger partial charge in [-0.2, -0.15) is 0 Å². The number of aromatic nitrogens is 1. The molecule has 0 aliphatic carbocycles. The number of pyridine rings is 1. The van der Waals surface area contributed by atoms with Gasteiger partial charge in [0.2, 0.25) is 0 Å². The Hall–Kier alpha value is -2.92. The third kappa shape index (κ3) is 3.95. The molecule has 1 N–H and O–H groups in total. The number of benzene rings is 2. The van der Waals surface area contributed by atoms with Gasteiger partial charge in [0.1, 0.15) is 5.15 Å². The first-order valence-corrected chi connectivity index (χ1v) is 8.03. The molecule has 5 nitrogen and oxygen atoms in total. The molecule has 1 amide bonds. The van der Waals surface area contributed by atoms with Crippen LogP contribution in [0, 0.1) is 0 Å². The van der Waals surface area contributed by atoms with Crippen LogP contribution in [-0.2, 0) is 9.53 Å². The maximum Gasteiger partial charge on any atom is 0.340 e. The van der Waals surface area contributed by atoms with Crippen molar-refractivity contribution in [2.24, 2.45) is 0 Å². The molecule has 3 aromatic rings. The summed E-state index contributed by atoms with van der Waals surface area (Å²) in [5.74, 6) is -1.05. The Kier molecular flexibility index (Phi) is 4.95. The highest BCUT2D eigenvalue weighted by Crippen LogP contribution is 2.23. The predicted octanol–water partition coefficient (Wildman–Crippen LogP) is 4.07. The van der Waals surface area contributed by atoms with Crippen LogP contribution in [0.25, 0.3) is 10.8 Å². The highest BCUT2D eigenvalue weighted by atomic mass is 35.5. The lowest BCUT2D eigenvalue weighted by Crippen LogP contribution is -2.30. The van der Waals surface area contributed by atoms with Crippen LogP contribution in [0.5, 0.6) is 0 Å². The fraction of sp³-hybridized carbons (Fsp3) is 0.105. The molecule has 0 saturated heterocycles. The number of rotatable bonds is 4. The number of carbonyl (C=O) groups is 2. The third-order valence-corrected chi connectivity index (χ3v) is 3.89. The Morgan fingerprint density at radius 3 is 2.60 bits per heavy atom. The van der Waals surface area contributed by atoms with Gasteiger partial charge in [0.25, 0.3) is 5.91 Å². The van der Waals surface area contributed by atoms with Crippen molar-refractivity contribution >= 4 is 39.9 Å². The van der Waals surface area contributed by atoms with Gasteiger partial charge >= 0.3 is 5.97 Å². The van der Waals surface area contributed by atoms with Crippen LogP contribution >= 0.6 is 11.6 Å². The molecular weight excluding hydrogens is 340 g/mol. The van der Waals surface area contributed by atoms with E-state index in [0.717, 1.165) is 10.8 Å². The van der Waals surface area contributed by atoms with Gasteiger partial charge in [-0.3, -0.25) is 4.79 Å². The molecule has 0 aliphatic heterocycles. The van der Waals surface area contributed by atoms with E-state index in [4.69, 9.17) is 16.3 Å². The maximum absolute atomic E-state index is 12.4. The SMILES string of the molecule is C[C@H](OC(=O)c1ccc(Cl)nc1)C(=O)Nc1cccc2ccccc12. The van der Waals surface area contributed by atoms with Crippen LogP contribution in [0.4, 0.5) is 5.69 Å². The largest absolute Gasteiger partial charge is 0.449 e. The fourth-order valence-corrected chi connectivity index (χ4v) is 2.46. The molecule has 2 aromatic carbocycles. The van der Waals surface area contributed by atoms with Crippen molar-refractivity contribution in [2.45, 2.75) is 13.0 Å². The molecule has 0 unspecified atom stereocenters. The van der Waals surface area contributed by atoms with Gasteiger partial charge in [0, 0.05) is 17.3 Å². The quantitative estimate of drug-likeness (QED) is 0.566. The molecule has 25 heavy (non-hydrogen) atoms. The Labute approximate surface area is 149 Å². The molecular formula is C19H15ClN2O3. The molecule has 0 spiro atoms. The number of esters is 1. The first-order valence-electron chi connectivity index (χ1n) is 7.66. The first-order chi connectivity index (χ1) is 12.0. The molecule has 0 radical (unpaired) electrons. The van der Waals surface area contributed by atoms with Crippen LogP contribution in [0.2, 0.25) is 5.15 Å². The van der Waals surface area contributed by atoms with Gasteiger partial charge in [0.15, 0.2) is 6.10 Å². The highest BCUT2D eigenvalue weighted by Gasteiger charge is 2.19. The van der Waals surface area contributed by atoms with Crippen LogP contribution in [0.1, 0.15) is 17.3 Å². The Morgan fingerprint density at radius 2 is 1.84 bits per heavy atom. The van der Waals surface area contributed by atoms with Gasteiger partial charge < -0.3 is 10.1 Å². The van der Waals surface area contributed by atoms with Crippen molar-refractivity contribution in [3.05, 3.63) is 71.5 Å². The molecule has 0 fully saturated rings. The van der Waals surface area contributed by atoms with Gasteiger partial charge in [0.05, 0.1) is 5.56 Å². The summed E-state index contributed by atoms with van der Waals surface area (Å²) in [4.78, 5) is 28.2. The second-order valence-corrected chi connectivity index (χ2v) is 5.82. The standard InChI is InChI=1S/C19H15ClN2O3/c1-12(25-19(24)14-9-10-17(20)21-11-14)18(23)22-16-8-4-6-13-5-2-3-7-15(13)16/h2-12H,1H3,(H,22,23)/t12-/m0/s1. The van der Waals surface area contributed by atoms with Gasteiger partial charge in [-0.25, -0.2) is 9.78 Å². The van der Waals surface area contributed by atoms with Crippen molar-refractivity contribution in [3.63, 3.8) is 0 Å². The lowest BCUT2D eigenvalue weighted by atomic mass is 10.1. The van der Waals surface area contributed by atoms with E-state index in [1.807, 2.05) is 36.4 Å². The van der Waals surface area contributed by atoms with Crippen molar-refractivity contribution in [2.75, 3.05) is 5.32 Å². The molecule has 1 atom stereocenters. The lowest BCUT2D eigenvalue weighted by molar-refractivity contribution is -0.123. The first kappa shape index (κ1) is 16.9. The van der Waals surface area contributed by atoms with Gasteiger partial charge in [-0.1, -0.05) is 48.0 Å². The normalized spacial score (nSPS) is 11.8. The number of halogens is 1. The van der Waals surface area contributed by atoms with Crippen LogP contribution < -0.4 is 5.32 Å². The number of carbonyl (C=O) groups excluding carboxylic acids is 2. The minimum Gasteiger partial charge on any atom is -0.449 e. The van der Waals surface area contributed by atoms with Gasteiger partial charge in [-0.15, -0.1) is 0 Å². The van der Waals surface area contributed by atoms with E-state index in [0.29, 0.717) is 5.69 Å². The van der Waals surface area contributed by atoms with E-state index in [9.17, 15) is 9.59 Å². The summed E-state index contributed by atoms with van der Waals surface area (Å²) in [5.41, 5.74) is 0.897. The van der Waals surface area contributed by atoms with E-state index < -0.39 is 18.0 Å². The average Bonchev–Trinajstić information content (AvgIpc) is 2.62. The summed E-state index contributed by atoms with van der Waals surface area (Å²) in [5, 5.41) is 5.00. The predicted molar refractivity (Wildman–Crippen MR) is 96.7 cm³/mol. The average molecular weight is 355 g/mol. The smallest absolute Gasteiger partial charge is 0.340 e. The van der Waals surface area contributed by atoms with Crippen LogP contribution in [-0.4, -0.2) is 23.0 Å². The monoisotopic (exact) mass is 354 g/mol. The molecule has 1 aromatic heterocycles. The van der Waals surface area contributed by atoms with Crippen LogP contribution in [0.15, 0.2) is 60.8 Å². The second kappa shape index (κ2) is 7.32. The number of fused-ring (bicyclic) bond motifs is 1. The second-order valence-electron chi connectivity index (χ2n) is 5.43. The van der Waals surface area contributed by atoms with Crippen molar-refractivity contribution in [1.29, 1.82) is 0 Å². The Morgan fingerprint density at radius 1 is 1.08 bits per heavy atom. The van der Waals surface area contributed by atoms with Crippen molar-refractivity contribution in [1.82, 2.24) is 4.98 Å². The topological polar surface area (TPSA) is 68.3 Å². The molecule has 6 heteroatoms. The molecule has 1 heterocycles. The molecule has 0 bridgehead atoms. The Bertz CT molecular complexity index is 920. The number of hydrogen-bond donors (Lipinski definition) is 1. The van der Waals surface area contributed by atoms with Gasteiger partial charge in [-0.05, 0) is 30.5 Å². The summed E-state index contributed by atoms with van der Waals surface area (Å²) in [6.45, 7) is 1.52. The zero-order chi connectivity index (χ0) is 17.8. The minimum absolute atomic E-state index is 0.231. The molecule has 126 valence electrons. The van der Waals surface area contributed by atoms with Crippen molar-refractivity contribution < 1.29 is 14.3 Å². The molecule has 0 saturated carbocycles. The zero-order valence-electron chi connectivity index (χ0n) is 13.4. The highest BCUT2D eigenvalue weighted by molar-refractivity contribution is 6.29. The van der Waals surface area contributed by atoms with E-state index in [2.05, 4.69) is 10.3 Å². The summed E-state index contributed by atoms with van der Waals surface area (Å²) >= 11 is 5.68. The minimum atomic E-state index is -0.956. The van der Waals surface area contributed by atoms with E-state index >= 15 is 0 Å². The fourth-order valence-electron chi connectivity index (χ4n) is 2.35. The third-order valence-electron chi connectivity index (χ3n) is 3.66. The van der Waals surface area contributed by atoms with Crippen molar-refractivity contribution in [3.8, 4) is 0 Å². The maximum atomic E-state index is 12.4. The number of nitrogens with zero attached hydrogens (tertiary/aromatic N) is 1. The van der Waals surface area contributed by atoms with E-state index in [1.54, 1.807) is 6.07 Å². The van der Waals surface area contributed by atoms with E-state index in [1.165, 1.54) is 25.3 Å². The number of anilines is 1. The number of hydrogen-bond acceptors (Lipinski definition) is 4. The Balaban J connectivity index is 1.70. The summed E-state index contributed by atoms with van der Waals surface area (Å²) in [6, 6.07) is 16.3. The zero-order valence-corrected chi connectivity index (χ0v) is 14.2. The number of nitrogens with one attached hydrogen (secondary N) is 1. The van der Waals surface area contributed by atoms with E-state index in [-0.39, 0.29) is 10.7 Å². The number of ether oxygens (including phenoxy) is 1.